The molecule has 0 aromatic carbocycles. The molecule has 1 amide bonds. The van der Waals surface area contributed by atoms with Crippen molar-refractivity contribution in [2.75, 3.05) is 33.1 Å². The van der Waals surface area contributed by atoms with E-state index in [9.17, 15) is 13.2 Å². The number of aryl methyl sites for hydroxylation is 2. The van der Waals surface area contributed by atoms with E-state index >= 15 is 0 Å². The van der Waals surface area contributed by atoms with Gasteiger partial charge in [-0.05, 0) is 12.5 Å². The maximum atomic E-state index is 12.1. The number of hydrogen-bond acceptors (Lipinski definition) is 5. The third kappa shape index (κ3) is 5.02. The topological polar surface area (TPSA) is 93.5 Å². The SMILES string of the molecule is Cc1cnn(CCC(=O)N[C@H]2COC[C@H]2CS(=O)(=O)N(C)C)c1. The number of carbonyl (C=O) groups excluding carboxylic acids is 1. The molecule has 23 heavy (non-hydrogen) atoms. The number of carbonyl (C=O) groups is 1. The number of sulfonamides is 1. The fraction of sp³-hybridized carbons (Fsp3) is 0.714. The number of amides is 1. The van der Waals surface area contributed by atoms with Crippen molar-refractivity contribution in [3.05, 3.63) is 18.0 Å². The summed E-state index contributed by atoms with van der Waals surface area (Å²) in [4.78, 5) is 12.1. The summed E-state index contributed by atoms with van der Waals surface area (Å²) in [6, 6.07) is -0.267. The van der Waals surface area contributed by atoms with Crippen LogP contribution in [0, 0.1) is 12.8 Å². The van der Waals surface area contributed by atoms with E-state index in [2.05, 4.69) is 10.4 Å². The van der Waals surface area contributed by atoms with Gasteiger partial charge in [0.25, 0.3) is 0 Å². The Morgan fingerprint density at radius 1 is 1.48 bits per heavy atom. The molecule has 1 N–H and O–H groups in total. The molecule has 0 saturated carbocycles. The minimum Gasteiger partial charge on any atom is -0.379 e. The first-order valence-corrected chi connectivity index (χ1v) is 9.15. The van der Waals surface area contributed by atoms with Crippen LogP contribution in [-0.2, 0) is 26.1 Å². The fourth-order valence-corrected chi connectivity index (χ4v) is 3.59. The van der Waals surface area contributed by atoms with Crippen LogP contribution >= 0.6 is 0 Å². The second-order valence-electron chi connectivity index (χ2n) is 6.06. The number of nitrogens with zero attached hydrogens (tertiary/aromatic N) is 3. The molecule has 1 aliphatic rings. The van der Waals surface area contributed by atoms with Crippen LogP contribution < -0.4 is 5.32 Å². The van der Waals surface area contributed by atoms with Gasteiger partial charge >= 0.3 is 0 Å². The van der Waals surface area contributed by atoms with Crippen LogP contribution in [0.15, 0.2) is 12.4 Å². The van der Waals surface area contributed by atoms with Crippen molar-refractivity contribution < 1.29 is 17.9 Å². The average molecular weight is 344 g/mol. The van der Waals surface area contributed by atoms with Crippen LogP contribution in [-0.4, -0.2) is 67.5 Å². The first-order valence-electron chi connectivity index (χ1n) is 7.54. The average Bonchev–Trinajstić information content (AvgIpc) is 3.06. The molecule has 1 saturated heterocycles. The van der Waals surface area contributed by atoms with E-state index in [1.165, 1.54) is 18.4 Å². The van der Waals surface area contributed by atoms with Gasteiger partial charge < -0.3 is 10.1 Å². The molecule has 9 heteroatoms. The minimum atomic E-state index is -3.31. The van der Waals surface area contributed by atoms with Crippen molar-refractivity contribution in [3.63, 3.8) is 0 Å². The molecule has 130 valence electrons. The Hall–Kier alpha value is -1.45. The highest BCUT2D eigenvalue weighted by Gasteiger charge is 2.33. The Labute approximate surface area is 136 Å². The maximum absolute atomic E-state index is 12.1. The van der Waals surface area contributed by atoms with Crippen LogP contribution in [0.25, 0.3) is 0 Å². The number of aromatic nitrogens is 2. The van der Waals surface area contributed by atoms with Gasteiger partial charge in [0.1, 0.15) is 0 Å². The molecule has 1 aromatic rings. The van der Waals surface area contributed by atoms with Gasteiger partial charge in [-0.2, -0.15) is 5.10 Å². The molecule has 0 bridgehead atoms. The van der Waals surface area contributed by atoms with Gasteiger partial charge in [0.15, 0.2) is 0 Å². The predicted molar refractivity (Wildman–Crippen MR) is 85.3 cm³/mol. The zero-order chi connectivity index (χ0) is 17.0. The summed E-state index contributed by atoms with van der Waals surface area (Å²) in [5, 5.41) is 7.01. The highest BCUT2D eigenvalue weighted by molar-refractivity contribution is 7.89. The summed E-state index contributed by atoms with van der Waals surface area (Å²) in [5.41, 5.74) is 1.04. The zero-order valence-corrected chi connectivity index (χ0v) is 14.5. The molecule has 2 heterocycles. The lowest BCUT2D eigenvalue weighted by Crippen LogP contribution is -2.43. The smallest absolute Gasteiger partial charge is 0.222 e. The Balaban J connectivity index is 1.84. The van der Waals surface area contributed by atoms with Crippen molar-refractivity contribution in [1.82, 2.24) is 19.4 Å². The number of ether oxygens (including phenoxy) is 1. The van der Waals surface area contributed by atoms with E-state index < -0.39 is 10.0 Å². The molecule has 1 fully saturated rings. The fourth-order valence-electron chi connectivity index (χ4n) is 2.43. The quantitative estimate of drug-likeness (QED) is 0.727. The summed E-state index contributed by atoms with van der Waals surface area (Å²) in [5.74, 6) is -0.372. The van der Waals surface area contributed by atoms with Gasteiger partial charge in [-0.3, -0.25) is 9.48 Å². The largest absolute Gasteiger partial charge is 0.379 e. The lowest BCUT2D eigenvalue weighted by atomic mass is 10.1. The molecule has 1 aliphatic heterocycles. The Bertz CT molecular complexity index is 641. The molecule has 0 aliphatic carbocycles. The maximum Gasteiger partial charge on any atom is 0.222 e. The van der Waals surface area contributed by atoms with Crippen molar-refractivity contribution >= 4 is 15.9 Å². The number of rotatable bonds is 7. The molecule has 0 radical (unpaired) electrons. The second-order valence-corrected chi connectivity index (χ2v) is 8.29. The van der Waals surface area contributed by atoms with Crippen LogP contribution in [0.5, 0.6) is 0 Å². The number of hydrogen-bond donors (Lipinski definition) is 1. The van der Waals surface area contributed by atoms with Crippen molar-refractivity contribution in [3.8, 4) is 0 Å². The molecule has 2 atom stereocenters. The Morgan fingerprint density at radius 3 is 2.83 bits per heavy atom. The van der Waals surface area contributed by atoms with E-state index in [-0.39, 0.29) is 23.6 Å². The molecular formula is C14H24N4O4S. The monoisotopic (exact) mass is 344 g/mol. The van der Waals surface area contributed by atoms with Crippen LogP contribution in [0.4, 0.5) is 0 Å². The van der Waals surface area contributed by atoms with Crippen LogP contribution in [0.1, 0.15) is 12.0 Å². The van der Waals surface area contributed by atoms with Gasteiger partial charge in [0, 0.05) is 39.2 Å². The van der Waals surface area contributed by atoms with Gasteiger partial charge in [-0.15, -0.1) is 0 Å². The molecular weight excluding hydrogens is 320 g/mol. The first kappa shape index (κ1) is 17.9. The van der Waals surface area contributed by atoms with Crippen molar-refractivity contribution in [2.24, 2.45) is 5.92 Å². The lowest BCUT2D eigenvalue weighted by Gasteiger charge is -2.21. The Kier molecular flexibility index (Phi) is 5.77. The molecule has 1 aromatic heterocycles. The predicted octanol–water partition coefficient (Wildman–Crippen LogP) is -0.396. The number of nitrogens with one attached hydrogen (secondary N) is 1. The van der Waals surface area contributed by atoms with E-state index in [1.807, 2.05) is 13.1 Å². The summed E-state index contributed by atoms with van der Waals surface area (Å²) < 4.78 is 32.2. The molecule has 0 spiro atoms. The third-order valence-corrected chi connectivity index (χ3v) is 5.82. The van der Waals surface area contributed by atoms with Gasteiger partial charge in [0.2, 0.25) is 15.9 Å². The second kappa shape index (κ2) is 7.41. The summed E-state index contributed by atoms with van der Waals surface area (Å²) in [7, 11) is -0.305. The molecule has 0 unspecified atom stereocenters. The standard InChI is InChI=1S/C14H24N4O4S/c1-11-6-15-18(7-11)5-4-14(19)16-13-9-22-8-12(13)10-23(20,21)17(2)3/h6-7,12-13H,4-5,8-10H2,1-3H3,(H,16,19)/t12-,13-/m0/s1. The lowest BCUT2D eigenvalue weighted by molar-refractivity contribution is -0.122. The minimum absolute atomic E-state index is 0.0245. The Morgan fingerprint density at radius 2 is 2.22 bits per heavy atom. The van der Waals surface area contributed by atoms with E-state index in [4.69, 9.17) is 4.74 Å². The summed E-state index contributed by atoms with van der Waals surface area (Å²) in [6.07, 6.45) is 3.91. The summed E-state index contributed by atoms with van der Waals surface area (Å²) >= 11 is 0. The molecule has 2 rings (SSSR count). The van der Waals surface area contributed by atoms with Gasteiger partial charge in [-0.1, -0.05) is 0 Å². The van der Waals surface area contributed by atoms with Crippen LogP contribution in [0.2, 0.25) is 0 Å². The third-order valence-electron chi connectivity index (χ3n) is 3.86. The molecule has 8 nitrogen and oxygen atoms in total. The van der Waals surface area contributed by atoms with Gasteiger partial charge in [-0.25, -0.2) is 12.7 Å². The first-order chi connectivity index (χ1) is 10.8. The van der Waals surface area contributed by atoms with Gasteiger partial charge in [0.05, 0.1) is 31.2 Å². The normalized spacial score (nSPS) is 21.7. The zero-order valence-electron chi connectivity index (χ0n) is 13.7. The highest BCUT2D eigenvalue weighted by Crippen LogP contribution is 2.17. The summed E-state index contributed by atoms with van der Waals surface area (Å²) in [6.45, 7) is 3.12. The highest BCUT2D eigenvalue weighted by atomic mass is 32.2. The van der Waals surface area contributed by atoms with E-state index in [0.717, 1.165) is 5.56 Å². The van der Waals surface area contributed by atoms with Crippen molar-refractivity contribution in [2.45, 2.75) is 25.9 Å². The van der Waals surface area contributed by atoms with Crippen molar-refractivity contribution in [1.29, 1.82) is 0 Å². The van der Waals surface area contributed by atoms with Crippen LogP contribution in [0.3, 0.4) is 0 Å². The van der Waals surface area contributed by atoms with E-state index in [1.54, 1.807) is 10.9 Å². The van der Waals surface area contributed by atoms with E-state index in [0.29, 0.717) is 26.2 Å².